The molecule has 414 valence electrons. The minimum absolute atomic E-state index is 0.0384. The van der Waals surface area contributed by atoms with E-state index in [-0.39, 0.29) is 77.1 Å². The molecule has 74 heavy (non-hydrogen) atoms. The maximum atomic E-state index is 14.2. The van der Waals surface area contributed by atoms with Crippen molar-refractivity contribution in [3.8, 4) is 0 Å². The van der Waals surface area contributed by atoms with E-state index in [1.807, 2.05) is 0 Å². The maximum absolute atomic E-state index is 14.2. The number of aliphatic hydroxyl groups is 1. The number of carbonyl (C=O) groups excluding carboxylic acids is 8. The van der Waals surface area contributed by atoms with Crippen LogP contribution in [-0.2, 0) is 49.6 Å². The van der Waals surface area contributed by atoms with Crippen molar-refractivity contribution in [2.75, 3.05) is 45.8 Å². The fraction of sp³-hybridized carbons (Fsp3) is 0.609. The first-order valence-corrected chi connectivity index (χ1v) is 24.9. The van der Waals surface area contributed by atoms with Gasteiger partial charge in [-0.05, 0) is 108 Å². The first-order chi connectivity index (χ1) is 35.2. The number of guanidine groups is 1. The van der Waals surface area contributed by atoms with Crippen molar-refractivity contribution in [3.63, 3.8) is 0 Å². The van der Waals surface area contributed by atoms with Gasteiger partial charge in [0.2, 0.25) is 47.3 Å². The molecule has 1 aromatic rings. The average Bonchev–Trinajstić information content (AvgIpc) is 3.86. The highest BCUT2D eigenvalue weighted by Gasteiger charge is 2.39. The number of halogens is 1. The van der Waals surface area contributed by atoms with Crippen LogP contribution in [0.15, 0.2) is 41.0 Å². The third kappa shape index (κ3) is 22.7. The van der Waals surface area contributed by atoms with E-state index in [1.54, 1.807) is 24.3 Å². The molecule has 0 saturated carbocycles. The molecule has 28 heteroatoms. The summed E-state index contributed by atoms with van der Waals surface area (Å²) in [6.45, 7) is 1.16. The molecule has 1 aliphatic heterocycles. The topological polar surface area (TPSA) is 476 Å². The number of nitrogens with zero attached hydrogens (tertiary/aromatic N) is 2. The molecule has 1 aliphatic rings. The zero-order valence-corrected chi connectivity index (χ0v) is 42.6. The minimum Gasteiger partial charge on any atom is -0.477 e. The molecule has 0 unspecified atom stereocenters. The number of nitrogens with two attached hydrogens (primary N) is 7. The Kier molecular flexibility index (Phi) is 29.3. The first-order valence-electron chi connectivity index (χ1n) is 24.5. The monoisotopic (exact) mass is 1060 g/mol. The van der Waals surface area contributed by atoms with Gasteiger partial charge >= 0.3 is 5.97 Å². The lowest BCUT2D eigenvalue weighted by atomic mass is 10.0. The second-order valence-electron chi connectivity index (χ2n) is 17.6. The predicted octanol–water partition coefficient (Wildman–Crippen LogP) is -5.17. The quantitative estimate of drug-likeness (QED) is 0.0133. The summed E-state index contributed by atoms with van der Waals surface area (Å²) >= 11 is 6.26. The molecular weight excluding hydrogens is 988 g/mol. The van der Waals surface area contributed by atoms with Crippen LogP contribution in [0.5, 0.6) is 0 Å². The number of unbranched alkanes of at least 4 members (excludes halogenated alkanes) is 2. The van der Waals surface area contributed by atoms with Gasteiger partial charge in [-0.2, -0.15) is 0 Å². The molecule has 23 N–H and O–H groups in total. The average molecular weight is 1070 g/mol. The lowest BCUT2D eigenvalue weighted by molar-refractivity contribution is -0.142. The van der Waals surface area contributed by atoms with Gasteiger partial charge in [-0.15, -0.1) is 0 Å². The third-order valence-electron chi connectivity index (χ3n) is 11.7. The van der Waals surface area contributed by atoms with Crippen molar-refractivity contribution < 1.29 is 53.4 Å². The number of aliphatic imine (C=N–C) groups is 1. The Morgan fingerprint density at radius 1 is 0.797 bits per heavy atom. The number of amides is 8. The number of carbonyl (C=O) groups is 9. The zero-order valence-electron chi connectivity index (χ0n) is 41.8. The molecule has 2 rings (SSSR count). The lowest BCUT2D eigenvalue weighted by Crippen LogP contribution is -2.60. The van der Waals surface area contributed by atoms with E-state index in [4.69, 9.17) is 51.7 Å². The van der Waals surface area contributed by atoms with Crippen LogP contribution in [0.1, 0.15) is 83.1 Å². The molecule has 0 spiro atoms. The molecule has 27 nitrogen and oxygen atoms in total. The fourth-order valence-electron chi connectivity index (χ4n) is 7.61. The van der Waals surface area contributed by atoms with Crippen LogP contribution in [-0.4, -0.2) is 169 Å². The molecule has 0 aromatic heterocycles. The van der Waals surface area contributed by atoms with Crippen LogP contribution in [0.4, 0.5) is 0 Å². The van der Waals surface area contributed by atoms with Crippen molar-refractivity contribution in [1.29, 1.82) is 0 Å². The largest absolute Gasteiger partial charge is 0.477 e. The highest BCUT2D eigenvalue weighted by atomic mass is 35.5. The van der Waals surface area contributed by atoms with Gasteiger partial charge in [0, 0.05) is 31.1 Å². The molecule has 1 saturated heterocycles. The molecule has 0 radical (unpaired) electrons. The molecule has 1 heterocycles. The van der Waals surface area contributed by atoms with Gasteiger partial charge in [0.25, 0.3) is 0 Å². The van der Waals surface area contributed by atoms with Crippen LogP contribution in [0.2, 0.25) is 5.02 Å². The van der Waals surface area contributed by atoms with Gasteiger partial charge in [0.1, 0.15) is 41.9 Å². The van der Waals surface area contributed by atoms with E-state index in [2.05, 4.69) is 42.2 Å². The normalized spacial score (nSPS) is 16.2. The number of carboxylic acids is 1. The van der Waals surface area contributed by atoms with Gasteiger partial charge in [-0.1, -0.05) is 36.2 Å². The van der Waals surface area contributed by atoms with Crippen LogP contribution in [0, 0.1) is 0 Å². The van der Waals surface area contributed by atoms with Crippen molar-refractivity contribution in [2.24, 2.45) is 45.1 Å². The Bertz CT molecular complexity index is 2110. The van der Waals surface area contributed by atoms with Gasteiger partial charge in [0.15, 0.2) is 5.96 Å². The minimum atomic E-state index is -1.57. The summed E-state index contributed by atoms with van der Waals surface area (Å²) in [6, 6.07) is -2.35. The standard InChI is InChI=1S/C46H77ClN16O11/c1-26(57-43(71)37(35(64)24-51)62-39(67)29(52)12-2-4-17-48)38(66)56-25-36(65)58-31(14-7-19-50)44(72)63-21-9-16-34(63)42(70)61-33(23-27-10-6-11-28(47)22-27)41(69)59-30(13-3-5-18-49)40(68)60-32(45(73)74)15-8-20-55-46(53)54/h6,10-11,15,22,26,29-31,33-35,37,64H,2-5,7-9,12-14,16-21,23-25,48-52H2,1H3,(H,56,66)(H,57,71)(H,58,65)(H,59,69)(H,60,68)(H,61,70)(H,62,67)(H,73,74)(H4,53,54,55)/b32-15-/t26-,29-,30-,31+,33-,34-,35-,37-/m0/s1. The Morgan fingerprint density at radius 2 is 1.46 bits per heavy atom. The number of aliphatic hydroxyl groups excluding tert-OH is 1. The zero-order chi connectivity index (χ0) is 55.3. The number of aliphatic carboxylic acids is 1. The molecule has 1 aromatic carbocycles. The number of hydrogen-bond donors (Lipinski definition) is 16. The maximum Gasteiger partial charge on any atom is 0.352 e. The Balaban J connectivity index is 2.25. The van der Waals surface area contributed by atoms with Gasteiger partial charge in [-0.3, -0.25) is 43.3 Å². The molecule has 8 atom stereocenters. The van der Waals surface area contributed by atoms with E-state index in [9.17, 15) is 53.4 Å². The summed E-state index contributed by atoms with van der Waals surface area (Å²) < 4.78 is 0. The Hall–Kier alpha value is -6.49. The highest BCUT2D eigenvalue weighted by Crippen LogP contribution is 2.21. The number of carboxylic acid groups (broad SMARTS) is 1. The smallest absolute Gasteiger partial charge is 0.352 e. The van der Waals surface area contributed by atoms with Crippen LogP contribution >= 0.6 is 11.6 Å². The van der Waals surface area contributed by atoms with Gasteiger partial charge < -0.3 is 92.5 Å². The van der Waals surface area contributed by atoms with E-state index in [0.717, 1.165) is 0 Å². The number of hydrogen-bond acceptors (Lipinski definition) is 16. The van der Waals surface area contributed by atoms with Crippen molar-refractivity contribution in [3.05, 3.63) is 46.6 Å². The van der Waals surface area contributed by atoms with Crippen molar-refractivity contribution >= 4 is 70.8 Å². The summed E-state index contributed by atoms with van der Waals surface area (Å²) in [5.41, 5.74) is 39.2. The summed E-state index contributed by atoms with van der Waals surface area (Å²) in [7, 11) is 0. The van der Waals surface area contributed by atoms with E-state index in [1.165, 1.54) is 17.9 Å². The highest BCUT2D eigenvalue weighted by molar-refractivity contribution is 6.30. The Morgan fingerprint density at radius 3 is 2.08 bits per heavy atom. The number of nitrogens with one attached hydrogen (secondary N) is 7. The summed E-state index contributed by atoms with van der Waals surface area (Å²) in [6.07, 6.45) is 2.77. The fourth-order valence-corrected chi connectivity index (χ4v) is 7.83. The summed E-state index contributed by atoms with van der Waals surface area (Å²) in [4.78, 5) is 125. The molecule has 0 aliphatic carbocycles. The van der Waals surface area contributed by atoms with E-state index in [0.29, 0.717) is 49.2 Å². The molecule has 8 amide bonds. The molecule has 0 bridgehead atoms. The third-order valence-corrected chi connectivity index (χ3v) is 11.9. The van der Waals surface area contributed by atoms with Crippen molar-refractivity contribution in [1.82, 2.24) is 42.1 Å². The van der Waals surface area contributed by atoms with Crippen LogP contribution in [0.3, 0.4) is 0 Å². The lowest BCUT2D eigenvalue weighted by Gasteiger charge is -2.30. The van der Waals surface area contributed by atoms with Crippen molar-refractivity contribution in [2.45, 2.75) is 132 Å². The summed E-state index contributed by atoms with van der Waals surface area (Å²) in [5, 5.41) is 38.0. The second-order valence-corrected chi connectivity index (χ2v) is 18.1. The number of rotatable bonds is 34. The van der Waals surface area contributed by atoms with E-state index >= 15 is 0 Å². The summed E-state index contributed by atoms with van der Waals surface area (Å²) in [5.74, 6) is -8.02. The predicted molar refractivity (Wildman–Crippen MR) is 275 cm³/mol. The van der Waals surface area contributed by atoms with Gasteiger partial charge in [0.05, 0.1) is 18.7 Å². The first kappa shape index (κ1) is 63.6. The van der Waals surface area contributed by atoms with Crippen LogP contribution < -0.4 is 77.4 Å². The molecule has 1 fully saturated rings. The van der Waals surface area contributed by atoms with Crippen LogP contribution in [0.25, 0.3) is 0 Å². The SMILES string of the molecule is C[C@H](NC(=O)[C@@H](NC(=O)[C@@H](N)CCCCN)[C@@H](O)CN)C(=O)NCC(=O)N[C@H](CCCN)C(=O)N1CCC[C@H]1C(=O)N[C@@H](Cc1cccc(Cl)c1)C(=O)N[C@@H](CCCCN)C(=O)N/C(=C\CCN=C(N)N)C(=O)O. The molecular formula is C46H77ClN16O11. The van der Waals surface area contributed by atoms with E-state index < -0.39 is 120 Å². The number of likely N-dealkylation sites (tertiary alicyclic amines) is 1. The Labute approximate surface area is 435 Å². The second kappa shape index (κ2) is 34.1. The van der Waals surface area contributed by atoms with Gasteiger partial charge in [-0.25, -0.2) is 4.79 Å². The number of benzene rings is 1.